The molecule has 0 aliphatic carbocycles. The lowest BCUT2D eigenvalue weighted by atomic mass is 10.0. The Bertz CT molecular complexity index is 1670. The topological polar surface area (TPSA) is 0 Å². The predicted molar refractivity (Wildman–Crippen MR) is 416 cm³/mol. The summed E-state index contributed by atoms with van der Waals surface area (Å²) in [6.07, 6.45) is 10.3. The standard InChI is InChI=1S/4C14H14.C5H12.12C2H6.2CH4/c4*1-3-7-13(8-4-1)11-12-14-9-5-2-6-10-14;1-4-5(2)3;12*1-2;;/h4*1-10H,11-12H2;5H,4H2,1-3H3;12*1-2H3;2*1H4. The van der Waals surface area contributed by atoms with Crippen molar-refractivity contribution in [2.45, 2.75) is 260 Å². The number of rotatable bonds is 13. The number of hydrogen-bond donors (Lipinski definition) is 0. The van der Waals surface area contributed by atoms with Crippen LogP contribution in [0.4, 0.5) is 0 Å². The molecule has 0 amide bonds. The Morgan fingerprint density at radius 3 is 0.299 bits per heavy atom. The fourth-order valence-electron chi connectivity index (χ4n) is 6.31. The van der Waals surface area contributed by atoms with Crippen molar-refractivity contribution in [3.05, 3.63) is 287 Å². The third-order valence-corrected chi connectivity index (χ3v) is 10.4. The van der Waals surface area contributed by atoms with E-state index >= 15 is 0 Å². The summed E-state index contributed by atoms with van der Waals surface area (Å²) >= 11 is 0. The monoisotopic (exact) mass is 1190 g/mol. The van der Waals surface area contributed by atoms with Gasteiger partial charge in [0.2, 0.25) is 0 Å². The van der Waals surface area contributed by atoms with Crippen molar-refractivity contribution >= 4 is 0 Å². The highest BCUT2D eigenvalue weighted by Crippen LogP contribution is 2.10. The molecule has 8 aromatic rings. The zero-order valence-corrected chi connectivity index (χ0v) is 61.0. The summed E-state index contributed by atoms with van der Waals surface area (Å²) in [4.78, 5) is 0. The molecule has 0 fully saturated rings. The van der Waals surface area contributed by atoms with Crippen LogP contribution >= 0.6 is 0 Å². The van der Waals surface area contributed by atoms with Gasteiger partial charge in [0.1, 0.15) is 0 Å². The maximum atomic E-state index is 2.22. The first-order valence-electron chi connectivity index (χ1n) is 34.4. The van der Waals surface area contributed by atoms with Gasteiger partial charge in [0.15, 0.2) is 0 Å². The van der Waals surface area contributed by atoms with Gasteiger partial charge in [-0.25, -0.2) is 0 Å². The summed E-state index contributed by atoms with van der Waals surface area (Å²) in [6, 6.07) is 85.0. The minimum Gasteiger partial charge on any atom is -0.0776 e. The first-order chi connectivity index (χ1) is 42.1. The maximum absolute atomic E-state index is 2.22. The molecule has 8 aromatic carbocycles. The van der Waals surface area contributed by atoms with Crippen molar-refractivity contribution in [2.24, 2.45) is 5.92 Å². The molecule has 0 heterocycles. The molecule has 87 heavy (non-hydrogen) atoms. The van der Waals surface area contributed by atoms with Gasteiger partial charge < -0.3 is 0 Å². The third kappa shape index (κ3) is 75.8. The van der Waals surface area contributed by atoms with E-state index in [1.54, 1.807) is 0 Å². The van der Waals surface area contributed by atoms with E-state index in [1.807, 2.05) is 166 Å². The van der Waals surface area contributed by atoms with Gasteiger partial charge in [-0.2, -0.15) is 0 Å². The molecule has 8 rings (SSSR count). The molecule has 0 radical (unpaired) electrons. The van der Waals surface area contributed by atoms with E-state index in [4.69, 9.17) is 0 Å². The van der Waals surface area contributed by atoms with Crippen molar-refractivity contribution in [3.63, 3.8) is 0 Å². The second-order valence-electron chi connectivity index (χ2n) is 15.7. The van der Waals surface area contributed by atoms with Crippen LogP contribution in [-0.2, 0) is 51.4 Å². The molecule has 0 spiro atoms. The highest BCUT2D eigenvalue weighted by Gasteiger charge is 1.96. The minimum absolute atomic E-state index is 0. The Balaban J connectivity index is -0.0000000854. The first-order valence-corrected chi connectivity index (χ1v) is 34.4. The summed E-state index contributed by atoms with van der Waals surface area (Å²) in [5.74, 6) is 0.884. The predicted octanol–water partition coefficient (Wildman–Crippen LogP) is 29.5. The molecular weight excluding hydrogens is 1040 g/mol. The maximum Gasteiger partial charge on any atom is -0.0238 e. The quantitative estimate of drug-likeness (QED) is 0.108. The lowest BCUT2D eigenvalue weighted by molar-refractivity contribution is 0.626. The second kappa shape index (κ2) is 102. The Morgan fingerprint density at radius 2 is 0.241 bits per heavy atom. The number of aryl methyl sites for hydroxylation is 8. The molecule has 0 saturated carbocycles. The van der Waals surface area contributed by atoms with Gasteiger partial charge in [0, 0.05) is 0 Å². The van der Waals surface area contributed by atoms with Crippen LogP contribution in [0.1, 0.15) is 253 Å². The van der Waals surface area contributed by atoms with E-state index in [0.717, 1.165) is 57.3 Å². The number of benzene rings is 8. The lowest BCUT2D eigenvalue weighted by Crippen LogP contribution is -1.89. The van der Waals surface area contributed by atoms with E-state index in [1.165, 1.54) is 50.9 Å². The highest BCUT2D eigenvalue weighted by molar-refractivity contribution is 5.23. The van der Waals surface area contributed by atoms with Crippen LogP contribution in [0.2, 0.25) is 0 Å². The van der Waals surface area contributed by atoms with Crippen LogP contribution in [-0.4, -0.2) is 0 Å². The van der Waals surface area contributed by atoms with Gasteiger partial charge in [0.25, 0.3) is 0 Å². The highest BCUT2D eigenvalue weighted by atomic mass is 14.0. The molecule has 0 nitrogen and oxygen atoms in total. The average Bonchev–Trinajstić information content (AvgIpc) is 3.70. The molecule has 0 heteroatoms. The smallest absolute Gasteiger partial charge is 0.0238 e. The van der Waals surface area contributed by atoms with Crippen molar-refractivity contribution in [1.82, 2.24) is 0 Å². The van der Waals surface area contributed by atoms with Crippen LogP contribution in [0, 0.1) is 5.92 Å². The Kier molecular flexibility index (Phi) is 123. The van der Waals surface area contributed by atoms with Gasteiger partial charge in [-0.05, 0) is 102 Å². The lowest BCUT2D eigenvalue weighted by Gasteiger charge is -2.01. The second-order valence-corrected chi connectivity index (χ2v) is 15.7. The first kappa shape index (κ1) is 106. The van der Waals surface area contributed by atoms with Crippen molar-refractivity contribution in [3.8, 4) is 0 Å². The van der Waals surface area contributed by atoms with Crippen LogP contribution in [0.5, 0.6) is 0 Å². The fourth-order valence-corrected chi connectivity index (χ4v) is 6.31. The van der Waals surface area contributed by atoms with E-state index < -0.39 is 0 Å². The zero-order valence-electron chi connectivity index (χ0n) is 61.0. The van der Waals surface area contributed by atoms with Crippen LogP contribution < -0.4 is 0 Å². The minimum atomic E-state index is 0. The summed E-state index contributed by atoms with van der Waals surface area (Å²) in [7, 11) is 0. The normalized spacial score (nSPS) is 7.82. The molecule has 0 aromatic heterocycles. The molecule has 0 aliphatic rings. The largest absolute Gasteiger partial charge is 0.0776 e. The molecule has 0 aliphatic heterocycles. The van der Waals surface area contributed by atoms with Gasteiger partial charge in [0.05, 0.1) is 0 Å². The molecule has 0 atom stereocenters. The van der Waals surface area contributed by atoms with Crippen molar-refractivity contribution in [2.75, 3.05) is 0 Å². The van der Waals surface area contributed by atoms with Crippen LogP contribution in [0.25, 0.3) is 0 Å². The van der Waals surface area contributed by atoms with Gasteiger partial charge in [-0.1, -0.05) is 451 Å². The zero-order chi connectivity index (χ0) is 66.8. The van der Waals surface area contributed by atoms with Crippen molar-refractivity contribution in [1.29, 1.82) is 0 Å². The van der Waals surface area contributed by atoms with Gasteiger partial charge >= 0.3 is 0 Å². The SMILES string of the molecule is C.C.CC.CC.CC.CC.CC.CC.CC.CC.CC.CC.CC.CC.CCC(C)C.c1ccc(CCc2ccccc2)cc1.c1ccc(CCc2ccccc2)cc1.c1ccc(CCc2ccccc2)cc1.c1ccc(CCc2ccccc2)cc1. The van der Waals surface area contributed by atoms with Gasteiger partial charge in [-0.3, -0.25) is 0 Å². The van der Waals surface area contributed by atoms with E-state index in [9.17, 15) is 0 Å². The molecular formula is C87H148. The summed E-state index contributed by atoms with van der Waals surface area (Å²) in [5, 5.41) is 0. The van der Waals surface area contributed by atoms with Crippen LogP contribution in [0.3, 0.4) is 0 Å². The van der Waals surface area contributed by atoms with Crippen molar-refractivity contribution < 1.29 is 0 Å². The summed E-state index contributed by atoms with van der Waals surface area (Å²) in [5.41, 5.74) is 11.3. The average molecular weight is 1190 g/mol. The Morgan fingerprint density at radius 1 is 0.172 bits per heavy atom. The Hall–Kier alpha value is -6.24. The summed E-state index contributed by atoms with van der Waals surface area (Å²) < 4.78 is 0. The molecule has 0 saturated heterocycles. The molecule has 0 bridgehead atoms. The fraction of sp³-hybridized carbons (Fsp3) is 0.448. The van der Waals surface area contributed by atoms with E-state index in [-0.39, 0.29) is 14.9 Å². The molecule has 496 valence electrons. The molecule has 0 N–H and O–H groups in total. The number of hydrogen-bond acceptors (Lipinski definition) is 0. The summed E-state index contributed by atoms with van der Waals surface area (Å²) in [6.45, 7) is 54.6. The van der Waals surface area contributed by atoms with E-state index in [0.29, 0.717) is 0 Å². The van der Waals surface area contributed by atoms with Crippen LogP contribution in [0.15, 0.2) is 243 Å². The third-order valence-electron chi connectivity index (χ3n) is 10.4. The Labute approximate surface area is 549 Å². The molecule has 0 unspecified atom stereocenters. The van der Waals surface area contributed by atoms with E-state index in [2.05, 4.69) is 263 Å². The van der Waals surface area contributed by atoms with Gasteiger partial charge in [-0.15, -0.1) is 0 Å².